The van der Waals surface area contributed by atoms with Crippen molar-refractivity contribution in [2.75, 3.05) is 19.0 Å². The van der Waals surface area contributed by atoms with Gasteiger partial charge in [0.2, 0.25) is 5.91 Å². The van der Waals surface area contributed by atoms with Crippen LogP contribution in [0.2, 0.25) is 0 Å². The largest absolute Gasteiger partial charge is 0.493 e. The molecule has 1 heterocycles. The highest BCUT2D eigenvalue weighted by Crippen LogP contribution is 2.29. The van der Waals surface area contributed by atoms with Gasteiger partial charge in [0.25, 0.3) is 5.91 Å². The molecule has 152 valence electrons. The van der Waals surface area contributed by atoms with Gasteiger partial charge in [0.15, 0.2) is 11.5 Å². The summed E-state index contributed by atoms with van der Waals surface area (Å²) in [6.45, 7) is -3.28. The third-order valence-corrected chi connectivity index (χ3v) is 4.25. The summed E-state index contributed by atoms with van der Waals surface area (Å²) in [5, 5.41) is 6.13. The molecule has 0 bridgehead atoms. The van der Waals surface area contributed by atoms with Gasteiger partial charge < -0.3 is 24.7 Å². The summed E-state index contributed by atoms with van der Waals surface area (Å²) in [5.74, 6) is -1.16. The zero-order valence-corrected chi connectivity index (χ0v) is 15.7. The number of carbonyl (C=O) groups is 2. The van der Waals surface area contributed by atoms with E-state index in [1.54, 1.807) is 6.07 Å². The number of fused-ring (bicyclic) bond motifs is 1. The van der Waals surface area contributed by atoms with Crippen LogP contribution in [0.25, 0.3) is 10.9 Å². The molecule has 0 atom stereocenters. The second-order valence-electron chi connectivity index (χ2n) is 6.14. The Morgan fingerprint density at radius 1 is 1.14 bits per heavy atom. The zero-order chi connectivity index (χ0) is 21.0. The second-order valence-corrected chi connectivity index (χ2v) is 6.14. The van der Waals surface area contributed by atoms with Gasteiger partial charge >= 0.3 is 6.61 Å². The van der Waals surface area contributed by atoms with E-state index in [1.807, 2.05) is 36.0 Å². The van der Waals surface area contributed by atoms with Crippen molar-refractivity contribution in [1.82, 2.24) is 9.88 Å². The van der Waals surface area contributed by atoms with E-state index < -0.39 is 18.4 Å². The molecule has 2 aromatic carbocycles. The third-order valence-electron chi connectivity index (χ3n) is 4.25. The summed E-state index contributed by atoms with van der Waals surface area (Å²) in [7, 11) is 3.17. The average Bonchev–Trinajstić information content (AvgIpc) is 3.08. The molecule has 0 saturated heterocycles. The third kappa shape index (κ3) is 4.63. The predicted octanol–water partition coefficient (Wildman–Crippen LogP) is 3.16. The van der Waals surface area contributed by atoms with Crippen molar-refractivity contribution >= 4 is 28.4 Å². The van der Waals surface area contributed by atoms with Crippen LogP contribution in [-0.4, -0.2) is 36.6 Å². The SMILES string of the molecule is COc1cc(C(=O)NCC(=O)Nc2cccc3c2ccn3C)ccc1OC(F)F. The summed E-state index contributed by atoms with van der Waals surface area (Å²) in [5.41, 5.74) is 1.74. The maximum absolute atomic E-state index is 12.4. The Kier molecular flexibility index (Phi) is 5.96. The number of alkyl halides is 2. The van der Waals surface area contributed by atoms with Gasteiger partial charge in [0.1, 0.15) is 0 Å². The minimum atomic E-state index is -3.01. The topological polar surface area (TPSA) is 81.6 Å². The minimum absolute atomic E-state index is 0.0156. The standard InChI is InChI=1S/C20H19F2N3O4/c1-25-9-8-13-14(4-3-5-15(13)25)24-18(26)11-23-19(27)12-6-7-16(29-20(21)22)17(10-12)28-2/h3-10,20H,11H2,1-2H3,(H,23,27)(H,24,26). The number of aryl methyl sites for hydroxylation is 1. The Hall–Kier alpha value is -3.62. The van der Waals surface area contributed by atoms with E-state index in [0.717, 1.165) is 10.9 Å². The molecule has 2 amide bonds. The van der Waals surface area contributed by atoms with Gasteiger partial charge in [-0.1, -0.05) is 6.07 Å². The van der Waals surface area contributed by atoms with Gasteiger partial charge in [0, 0.05) is 29.7 Å². The number of benzene rings is 2. The lowest BCUT2D eigenvalue weighted by Gasteiger charge is -2.12. The number of hydrogen-bond donors (Lipinski definition) is 2. The molecule has 0 fully saturated rings. The maximum Gasteiger partial charge on any atom is 0.387 e. The lowest BCUT2D eigenvalue weighted by molar-refractivity contribution is -0.115. The van der Waals surface area contributed by atoms with E-state index in [2.05, 4.69) is 15.4 Å². The average molecular weight is 403 g/mol. The van der Waals surface area contributed by atoms with Crippen LogP contribution in [0, 0.1) is 0 Å². The fourth-order valence-corrected chi connectivity index (χ4v) is 2.87. The molecule has 0 aliphatic heterocycles. The molecular formula is C20H19F2N3O4. The summed E-state index contributed by atoms with van der Waals surface area (Å²) in [6, 6.07) is 11.2. The Labute approximate surface area is 165 Å². The highest BCUT2D eigenvalue weighted by molar-refractivity contribution is 6.04. The van der Waals surface area contributed by atoms with E-state index in [9.17, 15) is 18.4 Å². The van der Waals surface area contributed by atoms with Crippen LogP contribution in [0.4, 0.5) is 14.5 Å². The number of nitrogens with one attached hydrogen (secondary N) is 2. The minimum Gasteiger partial charge on any atom is -0.493 e. The number of nitrogens with zero attached hydrogens (tertiary/aromatic N) is 1. The molecule has 1 aromatic heterocycles. The molecule has 0 radical (unpaired) electrons. The van der Waals surface area contributed by atoms with E-state index in [-0.39, 0.29) is 23.6 Å². The van der Waals surface area contributed by atoms with Crippen LogP contribution in [0.3, 0.4) is 0 Å². The van der Waals surface area contributed by atoms with Crippen molar-refractivity contribution in [3.05, 3.63) is 54.2 Å². The molecule has 0 unspecified atom stereocenters. The molecule has 29 heavy (non-hydrogen) atoms. The summed E-state index contributed by atoms with van der Waals surface area (Å²) < 4.78 is 36.0. The normalized spacial score (nSPS) is 10.8. The van der Waals surface area contributed by atoms with E-state index >= 15 is 0 Å². The van der Waals surface area contributed by atoms with Gasteiger partial charge in [-0.2, -0.15) is 8.78 Å². The molecule has 3 rings (SSSR count). The molecule has 0 spiro atoms. The van der Waals surface area contributed by atoms with Crippen molar-refractivity contribution in [2.45, 2.75) is 6.61 Å². The Balaban J connectivity index is 1.63. The van der Waals surface area contributed by atoms with Gasteiger partial charge in [-0.25, -0.2) is 0 Å². The molecule has 2 N–H and O–H groups in total. The van der Waals surface area contributed by atoms with E-state index in [0.29, 0.717) is 5.69 Å². The number of hydrogen-bond acceptors (Lipinski definition) is 4. The number of halogens is 2. The van der Waals surface area contributed by atoms with E-state index in [1.165, 1.54) is 25.3 Å². The first-order valence-corrected chi connectivity index (χ1v) is 8.64. The molecule has 0 saturated carbocycles. The number of carbonyl (C=O) groups excluding carboxylic acids is 2. The number of amides is 2. The molecule has 7 nitrogen and oxygen atoms in total. The van der Waals surface area contributed by atoms with Crippen molar-refractivity contribution in [3.63, 3.8) is 0 Å². The van der Waals surface area contributed by atoms with Crippen LogP contribution >= 0.6 is 0 Å². The molecule has 3 aromatic rings. The van der Waals surface area contributed by atoms with Crippen molar-refractivity contribution in [2.24, 2.45) is 7.05 Å². The van der Waals surface area contributed by atoms with Crippen LogP contribution in [0.15, 0.2) is 48.7 Å². The number of ether oxygens (including phenoxy) is 2. The molecular weight excluding hydrogens is 384 g/mol. The monoisotopic (exact) mass is 403 g/mol. The molecule has 0 aliphatic carbocycles. The highest BCUT2D eigenvalue weighted by atomic mass is 19.3. The highest BCUT2D eigenvalue weighted by Gasteiger charge is 2.15. The molecule has 0 aliphatic rings. The number of rotatable bonds is 7. The van der Waals surface area contributed by atoms with Gasteiger partial charge in [-0.05, 0) is 36.4 Å². The van der Waals surface area contributed by atoms with Crippen molar-refractivity contribution < 1.29 is 27.8 Å². The van der Waals surface area contributed by atoms with Gasteiger partial charge in [-0.3, -0.25) is 9.59 Å². The first-order valence-electron chi connectivity index (χ1n) is 8.64. The number of anilines is 1. The predicted molar refractivity (Wildman–Crippen MR) is 104 cm³/mol. The lowest BCUT2D eigenvalue weighted by Crippen LogP contribution is -2.32. The van der Waals surface area contributed by atoms with Crippen molar-refractivity contribution in [1.29, 1.82) is 0 Å². The van der Waals surface area contributed by atoms with Crippen LogP contribution in [-0.2, 0) is 11.8 Å². The fraction of sp³-hybridized carbons (Fsp3) is 0.200. The first kappa shape index (κ1) is 20.1. The van der Waals surface area contributed by atoms with Crippen molar-refractivity contribution in [3.8, 4) is 11.5 Å². The summed E-state index contributed by atoms with van der Waals surface area (Å²) >= 11 is 0. The van der Waals surface area contributed by atoms with Crippen LogP contribution < -0.4 is 20.1 Å². The lowest BCUT2D eigenvalue weighted by atomic mass is 10.2. The summed E-state index contributed by atoms with van der Waals surface area (Å²) in [4.78, 5) is 24.5. The van der Waals surface area contributed by atoms with E-state index in [4.69, 9.17) is 4.74 Å². The van der Waals surface area contributed by atoms with Gasteiger partial charge in [0.05, 0.1) is 19.3 Å². The summed E-state index contributed by atoms with van der Waals surface area (Å²) in [6.07, 6.45) is 1.89. The first-order chi connectivity index (χ1) is 13.9. The zero-order valence-electron chi connectivity index (χ0n) is 15.7. The maximum atomic E-state index is 12.4. The van der Waals surface area contributed by atoms with Crippen LogP contribution in [0.5, 0.6) is 11.5 Å². The Bertz CT molecular complexity index is 1050. The number of aromatic nitrogens is 1. The fourth-order valence-electron chi connectivity index (χ4n) is 2.87. The van der Waals surface area contributed by atoms with Crippen LogP contribution in [0.1, 0.15) is 10.4 Å². The molecule has 9 heteroatoms. The number of methoxy groups -OCH3 is 1. The van der Waals surface area contributed by atoms with Gasteiger partial charge in [-0.15, -0.1) is 0 Å². The Morgan fingerprint density at radius 3 is 2.66 bits per heavy atom. The second kappa shape index (κ2) is 8.59. The Morgan fingerprint density at radius 2 is 1.93 bits per heavy atom. The quantitative estimate of drug-likeness (QED) is 0.635. The smallest absolute Gasteiger partial charge is 0.387 e.